The topological polar surface area (TPSA) is 74.5 Å². The van der Waals surface area contributed by atoms with Crippen LogP contribution in [0.5, 0.6) is 0 Å². The molecule has 9 heteroatoms. The number of nitrogens with zero attached hydrogens (tertiary/aromatic N) is 5. The van der Waals surface area contributed by atoms with Gasteiger partial charge in [-0.2, -0.15) is 13.2 Å². The molecule has 0 fully saturated rings. The SMILES string of the molecule is [N-]=[N+]=Nc1nnc(C(F)(F)F)s1. The third kappa shape index (κ3) is 1.83. The fourth-order valence-corrected chi connectivity index (χ4v) is 0.938. The summed E-state index contributed by atoms with van der Waals surface area (Å²) < 4.78 is 35.4. The van der Waals surface area contributed by atoms with Crippen LogP contribution in [0.4, 0.5) is 18.3 Å². The normalized spacial score (nSPS) is 10.9. The number of hydrogen-bond donors (Lipinski definition) is 0. The molecule has 0 saturated heterocycles. The standard InChI is InChI=1S/C3F3N5S/c4-3(5,6)1-8-9-2(12-1)10-11-7. The lowest BCUT2D eigenvalue weighted by atomic mass is 10.7. The Hall–Kier alpha value is -1.34. The minimum Gasteiger partial charge on any atom is -0.164 e. The van der Waals surface area contributed by atoms with Gasteiger partial charge in [-0.15, -0.1) is 10.2 Å². The monoisotopic (exact) mass is 195 g/mol. The summed E-state index contributed by atoms with van der Waals surface area (Å²) >= 11 is 0.197. The Morgan fingerprint density at radius 2 is 2.08 bits per heavy atom. The quantitative estimate of drug-likeness (QED) is 0.392. The second-order valence-corrected chi connectivity index (χ2v) is 2.53. The third-order valence-corrected chi connectivity index (χ3v) is 1.64. The van der Waals surface area contributed by atoms with Gasteiger partial charge in [-0.05, 0) is 10.6 Å². The van der Waals surface area contributed by atoms with Crippen LogP contribution in [0.2, 0.25) is 0 Å². The van der Waals surface area contributed by atoms with Crippen LogP contribution >= 0.6 is 11.3 Å². The maximum Gasteiger partial charge on any atom is 0.445 e. The predicted octanol–water partition coefficient (Wildman–Crippen LogP) is 2.50. The van der Waals surface area contributed by atoms with Crippen LogP contribution in [0.1, 0.15) is 5.01 Å². The second kappa shape index (κ2) is 2.95. The zero-order chi connectivity index (χ0) is 9.19. The van der Waals surface area contributed by atoms with Crippen molar-refractivity contribution in [2.45, 2.75) is 6.18 Å². The Morgan fingerprint density at radius 1 is 1.42 bits per heavy atom. The van der Waals surface area contributed by atoms with Gasteiger partial charge in [0.2, 0.25) is 10.1 Å². The minimum atomic E-state index is -4.53. The molecule has 0 atom stereocenters. The van der Waals surface area contributed by atoms with Crippen molar-refractivity contribution >= 4 is 16.5 Å². The van der Waals surface area contributed by atoms with Gasteiger partial charge in [-0.3, -0.25) is 0 Å². The van der Waals surface area contributed by atoms with Crippen molar-refractivity contribution in [3.05, 3.63) is 15.5 Å². The fraction of sp³-hybridized carbons (Fsp3) is 0.333. The largest absolute Gasteiger partial charge is 0.445 e. The highest BCUT2D eigenvalue weighted by Crippen LogP contribution is 2.33. The lowest BCUT2D eigenvalue weighted by Gasteiger charge is -1.96. The number of azide groups is 1. The van der Waals surface area contributed by atoms with E-state index >= 15 is 0 Å². The lowest BCUT2D eigenvalue weighted by Crippen LogP contribution is -2.03. The van der Waals surface area contributed by atoms with E-state index in [4.69, 9.17) is 5.53 Å². The maximum absolute atomic E-state index is 11.8. The molecule has 0 spiro atoms. The van der Waals surface area contributed by atoms with Crippen LogP contribution in [0, 0.1) is 0 Å². The van der Waals surface area contributed by atoms with E-state index < -0.39 is 11.2 Å². The van der Waals surface area contributed by atoms with Gasteiger partial charge < -0.3 is 0 Å². The molecule has 0 aliphatic heterocycles. The molecule has 1 heterocycles. The van der Waals surface area contributed by atoms with Crippen molar-refractivity contribution in [2.24, 2.45) is 5.11 Å². The van der Waals surface area contributed by atoms with Gasteiger partial charge in [0.1, 0.15) is 0 Å². The molecule has 0 saturated carbocycles. The van der Waals surface area contributed by atoms with E-state index in [1.807, 2.05) is 0 Å². The molecule has 0 N–H and O–H groups in total. The Balaban J connectivity index is 2.99. The van der Waals surface area contributed by atoms with E-state index in [1.54, 1.807) is 0 Å². The highest BCUT2D eigenvalue weighted by Gasteiger charge is 2.35. The van der Waals surface area contributed by atoms with Gasteiger partial charge in [-0.1, -0.05) is 11.3 Å². The zero-order valence-electron chi connectivity index (χ0n) is 5.28. The Kier molecular flexibility index (Phi) is 2.15. The summed E-state index contributed by atoms with van der Waals surface area (Å²) in [5.74, 6) is 0. The van der Waals surface area contributed by atoms with Crippen molar-refractivity contribution in [2.75, 3.05) is 0 Å². The van der Waals surface area contributed by atoms with Crippen LogP contribution in [0.3, 0.4) is 0 Å². The number of rotatable bonds is 1. The molecule has 0 aliphatic carbocycles. The molecule has 0 aliphatic rings. The Bertz CT molecular complexity index is 323. The summed E-state index contributed by atoms with van der Waals surface area (Å²) in [6.07, 6.45) is -4.53. The van der Waals surface area contributed by atoms with E-state index in [0.717, 1.165) is 0 Å². The first-order chi connectivity index (χ1) is 5.54. The highest BCUT2D eigenvalue weighted by molar-refractivity contribution is 7.15. The van der Waals surface area contributed by atoms with E-state index in [2.05, 4.69) is 20.2 Å². The third-order valence-electron chi connectivity index (χ3n) is 0.787. The zero-order valence-corrected chi connectivity index (χ0v) is 6.09. The first-order valence-corrected chi connectivity index (χ1v) is 3.31. The van der Waals surface area contributed by atoms with Gasteiger partial charge in [0.05, 0.1) is 0 Å². The van der Waals surface area contributed by atoms with Crippen molar-refractivity contribution in [3.8, 4) is 0 Å². The molecule has 0 radical (unpaired) electrons. The second-order valence-electron chi connectivity index (χ2n) is 1.58. The summed E-state index contributed by atoms with van der Waals surface area (Å²) in [4.78, 5) is 2.27. The summed E-state index contributed by atoms with van der Waals surface area (Å²) in [5, 5.41) is 7.19. The number of aromatic nitrogens is 2. The van der Waals surface area contributed by atoms with Crippen LogP contribution in [0.25, 0.3) is 10.4 Å². The molecule has 0 amide bonds. The summed E-state index contributed by atoms with van der Waals surface area (Å²) in [5.41, 5.74) is 7.85. The minimum absolute atomic E-state index is 0.197. The molecule has 0 bridgehead atoms. The Morgan fingerprint density at radius 3 is 2.50 bits per heavy atom. The Labute approximate surface area is 67.5 Å². The maximum atomic E-state index is 11.8. The summed E-state index contributed by atoms with van der Waals surface area (Å²) in [6.45, 7) is 0. The first-order valence-electron chi connectivity index (χ1n) is 2.50. The molecule has 5 nitrogen and oxygen atoms in total. The van der Waals surface area contributed by atoms with Crippen molar-refractivity contribution in [3.63, 3.8) is 0 Å². The van der Waals surface area contributed by atoms with E-state index in [9.17, 15) is 13.2 Å². The molecule has 1 rings (SSSR count). The lowest BCUT2D eigenvalue weighted by molar-refractivity contribution is -0.138. The molecule has 12 heavy (non-hydrogen) atoms. The number of alkyl halides is 3. The predicted molar refractivity (Wildman–Crippen MR) is 33.7 cm³/mol. The molecular formula is C3F3N5S. The van der Waals surface area contributed by atoms with Gasteiger partial charge in [0.15, 0.2) is 0 Å². The molecule has 0 aromatic carbocycles. The van der Waals surface area contributed by atoms with Gasteiger partial charge >= 0.3 is 6.18 Å². The number of hydrogen-bond acceptors (Lipinski definition) is 4. The van der Waals surface area contributed by atoms with Gasteiger partial charge in [0.25, 0.3) is 0 Å². The number of halogens is 3. The highest BCUT2D eigenvalue weighted by atomic mass is 32.1. The van der Waals surface area contributed by atoms with Crippen LogP contribution < -0.4 is 0 Å². The van der Waals surface area contributed by atoms with Crippen LogP contribution in [-0.2, 0) is 6.18 Å². The van der Waals surface area contributed by atoms with Crippen LogP contribution in [-0.4, -0.2) is 10.2 Å². The average molecular weight is 195 g/mol. The van der Waals surface area contributed by atoms with Crippen molar-refractivity contribution in [1.29, 1.82) is 0 Å². The van der Waals surface area contributed by atoms with Crippen LogP contribution in [0.15, 0.2) is 5.11 Å². The van der Waals surface area contributed by atoms with E-state index in [0.29, 0.717) is 0 Å². The summed E-state index contributed by atoms with van der Waals surface area (Å²) in [6, 6.07) is 0. The van der Waals surface area contributed by atoms with Gasteiger partial charge in [0, 0.05) is 4.91 Å². The first kappa shape index (κ1) is 8.75. The molecule has 64 valence electrons. The molecule has 0 unspecified atom stereocenters. The van der Waals surface area contributed by atoms with Crippen molar-refractivity contribution < 1.29 is 13.2 Å². The molecular weight excluding hydrogens is 195 g/mol. The smallest absolute Gasteiger partial charge is 0.164 e. The molecule has 1 aromatic heterocycles. The summed E-state index contributed by atoms with van der Waals surface area (Å²) in [7, 11) is 0. The van der Waals surface area contributed by atoms with Crippen molar-refractivity contribution in [1.82, 2.24) is 10.2 Å². The van der Waals surface area contributed by atoms with Gasteiger partial charge in [-0.25, -0.2) is 0 Å². The van der Waals surface area contributed by atoms with E-state index in [1.165, 1.54) is 0 Å². The molecule has 1 aromatic rings. The van der Waals surface area contributed by atoms with E-state index in [-0.39, 0.29) is 16.5 Å². The average Bonchev–Trinajstić information content (AvgIpc) is 2.35. The fourth-order valence-electron chi connectivity index (χ4n) is 0.409.